The summed E-state index contributed by atoms with van der Waals surface area (Å²) in [6.07, 6.45) is 0. The van der Waals surface area contributed by atoms with E-state index in [1.165, 1.54) is 32.3 Å². The molecule has 0 bridgehead atoms. The van der Waals surface area contributed by atoms with E-state index in [1.54, 1.807) is 0 Å². The number of para-hydroxylation sites is 2. The van der Waals surface area contributed by atoms with Crippen molar-refractivity contribution in [2.45, 2.75) is 0 Å². The van der Waals surface area contributed by atoms with E-state index in [0.29, 0.717) is 5.89 Å². The van der Waals surface area contributed by atoms with Gasteiger partial charge in [0.25, 0.3) is 0 Å². The van der Waals surface area contributed by atoms with Crippen LogP contribution in [0.4, 0.5) is 0 Å². The smallest absolute Gasteiger partial charge is 0.227 e. The van der Waals surface area contributed by atoms with Crippen LogP contribution in [0.15, 0.2) is 167 Å². The Kier molecular flexibility index (Phi) is 5.35. The third-order valence-electron chi connectivity index (χ3n) is 10.0. The van der Waals surface area contributed by atoms with Crippen LogP contribution < -0.4 is 0 Å². The topological polar surface area (TPSA) is 44.1 Å². The number of furan rings is 1. The van der Waals surface area contributed by atoms with E-state index < -0.39 is 0 Å². The lowest BCUT2D eigenvalue weighted by atomic mass is 9.98. The van der Waals surface area contributed by atoms with Gasteiger partial charge in [-0.25, -0.2) is 4.98 Å². The van der Waals surface area contributed by atoms with Crippen molar-refractivity contribution in [3.63, 3.8) is 0 Å². The van der Waals surface area contributed by atoms with Gasteiger partial charge in [-0.1, -0.05) is 115 Å². The lowest BCUT2D eigenvalue weighted by Gasteiger charge is -2.12. The number of rotatable bonds is 3. The summed E-state index contributed by atoms with van der Waals surface area (Å²) in [6, 6.07) is 55.3. The summed E-state index contributed by atoms with van der Waals surface area (Å²) in [5.74, 6) is 0.609. The zero-order valence-corrected chi connectivity index (χ0v) is 26.2. The zero-order chi connectivity index (χ0) is 32.1. The molecule has 4 heteroatoms. The molecule has 0 amide bonds. The van der Waals surface area contributed by atoms with Gasteiger partial charge >= 0.3 is 0 Å². The van der Waals surface area contributed by atoms with Gasteiger partial charge in [0, 0.05) is 32.7 Å². The molecular formula is C45H26N2O2. The van der Waals surface area contributed by atoms with Gasteiger partial charge in [-0.2, -0.15) is 0 Å². The highest BCUT2D eigenvalue weighted by Crippen LogP contribution is 2.46. The van der Waals surface area contributed by atoms with Crippen LogP contribution in [0.2, 0.25) is 0 Å². The second-order valence-corrected chi connectivity index (χ2v) is 12.7. The summed E-state index contributed by atoms with van der Waals surface area (Å²) in [5.41, 5.74) is 9.51. The highest BCUT2D eigenvalue weighted by molar-refractivity contribution is 6.29. The lowest BCUT2D eigenvalue weighted by Crippen LogP contribution is -1.95. The molecule has 0 unspecified atom stereocenters. The average Bonchev–Trinajstić information content (AvgIpc) is 3.87. The van der Waals surface area contributed by atoms with Crippen molar-refractivity contribution in [2.24, 2.45) is 0 Å². The van der Waals surface area contributed by atoms with Crippen LogP contribution in [0.1, 0.15) is 0 Å². The molecule has 0 aliphatic carbocycles. The number of aromatic nitrogens is 2. The van der Waals surface area contributed by atoms with Gasteiger partial charge in [0.2, 0.25) is 5.89 Å². The number of nitrogens with zero attached hydrogens (tertiary/aromatic N) is 2. The average molecular weight is 627 g/mol. The molecule has 3 heterocycles. The molecule has 49 heavy (non-hydrogen) atoms. The molecule has 0 saturated carbocycles. The predicted molar refractivity (Wildman–Crippen MR) is 202 cm³/mol. The first-order chi connectivity index (χ1) is 24.3. The standard InChI is InChI=1S/C45H26N2O2/c1-2-13-29(14-3-1)45-46-35-19-10-18-33(43(35)49-45)32-23-26-38(44-40(32)34-17-8-9-20-39(34)48-44)47-36-24-21-27-11-4-6-15-30(27)41(36)42-31-16-7-5-12-28(31)22-25-37(42)47/h1-26H. The summed E-state index contributed by atoms with van der Waals surface area (Å²) in [7, 11) is 0. The van der Waals surface area contributed by atoms with Crippen molar-refractivity contribution in [2.75, 3.05) is 0 Å². The Morgan fingerprint density at radius 2 is 1.08 bits per heavy atom. The Hall–Kier alpha value is -6.65. The molecule has 4 nitrogen and oxygen atoms in total. The van der Waals surface area contributed by atoms with Gasteiger partial charge in [-0.15, -0.1) is 0 Å². The molecule has 3 aromatic heterocycles. The SMILES string of the molecule is c1ccc(-c2nc3cccc(-c4ccc(-n5c6ccc7ccccc7c6c6c7ccccc7ccc65)c5oc6ccccc6c45)c3o2)cc1. The van der Waals surface area contributed by atoms with Gasteiger partial charge < -0.3 is 13.4 Å². The minimum absolute atomic E-state index is 0.609. The highest BCUT2D eigenvalue weighted by Gasteiger charge is 2.24. The third kappa shape index (κ3) is 3.71. The molecule has 0 N–H and O–H groups in total. The quantitative estimate of drug-likeness (QED) is 0.196. The van der Waals surface area contributed by atoms with Gasteiger partial charge in [-0.3, -0.25) is 0 Å². The molecule has 11 aromatic rings. The Bertz CT molecular complexity index is 3010. The number of fused-ring (bicyclic) bond motifs is 11. The first-order valence-corrected chi connectivity index (χ1v) is 16.6. The number of oxazole rings is 1. The van der Waals surface area contributed by atoms with Gasteiger partial charge in [-0.05, 0) is 69.6 Å². The second kappa shape index (κ2) is 9.93. The Morgan fingerprint density at radius 1 is 0.429 bits per heavy atom. The van der Waals surface area contributed by atoms with E-state index in [9.17, 15) is 0 Å². The highest BCUT2D eigenvalue weighted by atomic mass is 16.3. The maximum Gasteiger partial charge on any atom is 0.227 e. The molecule has 0 fully saturated rings. The normalized spacial score (nSPS) is 12.1. The first-order valence-electron chi connectivity index (χ1n) is 16.6. The van der Waals surface area contributed by atoms with Crippen LogP contribution in [0.3, 0.4) is 0 Å². The van der Waals surface area contributed by atoms with Crippen molar-refractivity contribution >= 4 is 76.4 Å². The molecule has 8 aromatic carbocycles. The van der Waals surface area contributed by atoms with Crippen LogP contribution in [0, 0.1) is 0 Å². The first kappa shape index (κ1) is 26.4. The Morgan fingerprint density at radius 3 is 1.82 bits per heavy atom. The molecule has 0 atom stereocenters. The summed E-state index contributed by atoms with van der Waals surface area (Å²) in [5, 5.41) is 9.53. The fraction of sp³-hybridized carbons (Fsp3) is 0. The Balaban J connectivity index is 1.26. The number of hydrogen-bond donors (Lipinski definition) is 0. The predicted octanol–water partition coefficient (Wildman–Crippen LogP) is 12.5. The van der Waals surface area contributed by atoms with E-state index >= 15 is 0 Å². The van der Waals surface area contributed by atoms with Crippen LogP contribution in [0.25, 0.3) is 105 Å². The molecule has 0 saturated heterocycles. The number of hydrogen-bond acceptors (Lipinski definition) is 3. The molecule has 0 aliphatic rings. The van der Waals surface area contributed by atoms with E-state index in [0.717, 1.165) is 66.4 Å². The van der Waals surface area contributed by atoms with E-state index in [2.05, 4.69) is 120 Å². The largest absolute Gasteiger partial charge is 0.454 e. The van der Waals surface area contributed by atoms with Gasteiger partial charge in [0.05, 0.1) is 16.7 Å². The molecule has 0 aliphatic heterocycles. The van der Waals surface area contributed by atoms with Gasteiger partial charge in [0.1, 0.15) is 11.1 Å². The molecular weight excluding hydrogens is 601 g/mol. The van der Waals surface area contributed by atoms with Crippen molar-refractivity contribution in [1.29, 1.82) is 0 Å². The minimum atomic E-state index is 0.609. The van der Waals surface area contributed by atoms with E-state index in [4.69, 9.17) is 13.8 Å². The van der Waals surface area contributed by atoms with Gasteiger partial charge in [0.15, 0.2) is 11.2 Å². The molecule has 0 spiro atoms. The molecule has 228 valence electrons. The fourth-order valence-electron chi connectivity index (χ4n) is 7.89. The fourth-order valence-corrected chi connectivity index (χ4v) is 7.89. The second-order valence-electron chi connectivity index (χ2n) is 12.7. The van der Waals surface area contributed by atoms with Crippen LogP contribution in [-0.2, 0) is 0 Å². The lowest BCUT2D eigenvalue weighted by molar-refractivity contribution is 0.621. The summed E-state index contributed by atoms with van der Waals surface area (Å²) < 4.78 is 15.8. The molecule has 11 rings (SSSR count). The van der Waals surface area contributed by atoms with E-state index in [1.807, 2.05) is 42.5 Å². The van der Waals surface area contributed by atoms with Crippen molar-refractivity contribution < 1.29 is 8.83 Å². The van der Waals surface area contributed by atoms with Crippen LogP contribution >= 0.6 is 0 Å². The van der Waals surface area contributed by atoms with E-state index in [-0.39, 0.29) is 0 Å². The maximum absolute atomic E-state index is 6.86. The summed E-state index contributed by atoms with van der Waals surface area (Å²) >= 11 is 0. The monoisotopic (exact) mass is 626 g/mol. The minimum Gasteiger partial charge on any atom is -0.454 e. The zero-order valence-electron chi connectivity index (χ0n) is 26.2. The summed E-state index contributed by atoms with van der Waals surface area (Å²) in [4.78, 5) is 4.88. The Labute approximate surface area is 280 Å². The van der Waals surface area contributed by atoms with Crippen LogP contribution in [0.5, 0.6) is 0 Å². The van der Waals surface area contributed by atoms with Crippen molar-refractivity contribution in [3.8, 4) is 28.3 Å². The van der Waals surface area contributed by atoms with Crippen LogP contribution in [-0.4, -0.2) is 9.55 Å². The van der Waals surface area contributed by atoms with Crippen molar-refractivity contribution in [3.05, 3.63) is 158 Å². The number of benzene rings is 8. The molecule has 0 radical (unpaired) electrons. The maximum atomic E-state index is 6.86. The summed E-state index contributed by atoms with van der Waals surface area (Å²) in [6.45, 7) is 0. The third-order valence-corrected chi connectivity index (χ3v) is 10.0. The van der Waals surface area contributed by atoms with Crippen molar-refractivity contribution in [1.82, 2.24) is 9.55 Å².